The van der Waals surface area contributed by atoms with E-state index in [1.165, 1.54) is 25.9 Å². The van der Waals surface area contributed by atoms with E-state index in [0.717, 1.165) is 37.1 Å². The molecular formula is C19H35IN4O2. The van der Waals surface area contributed by atoms with Crippen LogP contribution < -0.4 is 10.6 Å². The van der Waals surface area contributed by atoms with Gasteiger partial charge >= 0.3 is 0 Å². The molecule has 1 aromatic rings. The van der Waals surface area contributed by atoms with Crippen LogP contribution in [0.2, 0.25) is 0 Å². The third kappa shape index (κ3) is 8.73. The van der Waals surface area contributed by atoms with Gasteiger partial charge in [0.25, 0.3) is 0 Å². The van der Waals surface area contributed by atoms with Crippen LogP contribution in [-0.4, -0.2) is 56.7 Å². The third-order valence-corrected chi connectivity index (χ3v) is 4.68. The van der Waals surface area contributed by atoms with Crippen molar-refractivity contribution in [2.75, 3.05) is 39.8 Å². The second-order valence-corrected chi connectivity index (χ2v) is 6.96. The van der Waals surface area contributed by atoms with Crippen molar-refractivity contribution in [1.29, 1.82) is 0 Å². The molecule has 7 heteroatoms. The van der Waals surface area contributed by atoms with Gasteiger partial charge in [-0.1, -0.05) is 6.92 Å². The lowest BCUT2D eigenvalue weighted by Crippen LogP contribution is -2.48. The molecule has 0 radical (unpaired) electrons. The fourth-order valence-corrected chi connectivity index (χ4v) is 3.17. The minimum atomic E-state index is 0. The van der Waals surface area contributed by atoms with E-state index in [1.54, 1.807) is 6.26 Å². The second kappa shape index (κ2) is 13.4. The molecule has 1 fully saturated rings. The van der Waals surface area contributed by atoms with Gasteiger partial charge in [-0.3, -0.25) is 9.89 Å². The van der Waals surface area contributed by atoms with Crippen molar-refractivity contribution in [3.63, 3.8) is 0 Å². The van der Waals surface area contributed by atoms with Gasteiger partial charge in [-0.05, 0) is 50.8 Å². The van der Waals surface area contributed by atoms with E-state index >= 15 is 0 Å². The summed E-state index contributed by atoms with van der Waals surface area (Å²) in [6, 6.07) is 4.33. The number of piperidine rings is 1. The number of furan rings is 1. The predicted octanol–water partition coefficient (Wildman–Crippen LogP) is 3.09. The number of nitrogens with zero attached hydrogens (tertiary/aromatic N) is 2. The van der Waals surface area contributed by atoms with Gasteiger partial charge in [0.1, 0.15) is 12.4 Å². The molecular weight excluding hydrogens is 443 g/mol. The lowest BCUT2D eigenvalue weighted by molar-refractivity contribution is 0.105. The van der Waals surface area contributed by atoms with Crippen molar-refractivity contribution in [2.24, 2.45) is 10.9 Å². The zero-order valence-corrected chi connectivity index (χ0v) is 18.7. The normalized spacial score (nSPS) is 19.7. The van der Waals surface area contributed by atoms with E-state index < -0.39 is 0 Å². The number of hydrogen-bond donors (Lipinski definition) is 2. The van der Waals surface area contributed by atoms with Crippen molar-refractivity contribution in [1.82, 2.24) is 15.5 Å². The third-order valence-electron chi connectivity index (χ3n) is 4.68. The molecule has 1 aliphatic rings. The average molecular weight is 478 g/mol. The van der Waals surface area contributed by atoms with Crippen LogP contribution in [0.3, 0.4) is 0 Å². The quantitative estimate of drug-likeness (QED) is 0.247. The van der Waals surface area contributed by atoms with E-state index in [1.807, 2.05) is 19.2 Å². The van der Waals surface area contributed by atoms with Gasteiger partial charge in [0.15, 0.2) is 5.96 Å². The van der Waals surface area contributed by atoms with Crippen LogP contribution in [0.4, 0.5) is 0 Å². The molecule has 1 saturated heterocycles. The largest absolute Gasteiger partial charge is 0.467 e. The molecule has 6 nitrogen and oxygen atoms in total. The molecule has 0 amide bonds. The SMILES string of the molecule is CN=C(NCCCOCc1ccco1)NCC(C)N1CCCC(C)C1.I. The maximum atomic E-state index is 5.58. The highest BCUT2D eigenvalue weighted by Crippen LogP contribution is 2.17. The Morgan fingerprint density at radius 2 is 2.31 bits per heavy atom. The topological polar surface area (TPSA) is 62.0 Å². The first-order valence-electron chi connectivity index (χ1n) is 9.47. The van der Waals surface area contributed by atoms with Gasteiger partial charge in [0, 0.05) is 39.3 Å². The highest BCUT2D eigenvalue weighted by Gasteiger charge is 2.20. The van der Waals surface area contributed by atoms with Crippen LogP contribution in [0.15, 0.2) is 27.8 Å². The summed E-state index contributed by atoms with van der Waals surface area (Å²) in [4.78, 5) is 6.88. The van der Waals surface area contributed by atoms with Crippen LogP contribution in [-0.2, 0) is 11.3 Å². The number of ether oxygens (including phenoxy) is 1. The minimum absolute atomic E-state index is 0. The Bertz CT molecular complexity index is 496. The summed E-state index contributed by atoms with van der Waals surface area (Å²) in [6.45, 7) is 10.1. The molecule has 2 heterocycles. The minimum Gasteiger partial charge on any atom is -0.467 e. The van der Waals surface area contributed by atoms with E-state index in [-0.39, 0.29) is 24.0 Å². The Kier molecular flexibility index (Phi) is 12.0. The number of halogens is 1. The molecule has 1 aromatic heterocycles. The molecule has 26 heavy (non-hydrogen) atoms. The molecule has 2 N–H and O–H groups in total. The number of aliphatic imine (C=N–C) groups is 1. The fraction of sp³-hybridized carbons (Fsp3) is 0.737. The number of nitrogens with one attached hydrogen (secondary N) is 2. The summed E-state index contributed by atoms with van der Waals surface area (Å²) >= 11 is 0. The standard InChI is InChI=1S/C19H34N4O2.HI/c1-16-7-4-10-23(14-16)17(2)13-22-19(20-3)21-9-6-11-24-15-18-8-5-12-25-18;/h5,8,12,16-17H,4,6-7,9-11,13-15H2,1-3H3,(H2,20,21,22);1H. The molecule has 0 saturated carbocycles. The molecule has 2 atom stereocenters. The first kappa shape index (κ1) is 23.2. The maximum Gasteiger partial charge on any atom is 0.191 e. The van der Waals surface area contributed by atoms with Crippen molar-refractivity contribution in [3.8, 4) is 0 Å². The molecule has 0 aliphatic carbocycles. The van der Waals surface area contributed by atoms with E-state index in [2.05, 4.69) is 34.4 Å². The Labute approximate surface area is 175 Å². The van der Waals surface area contributed by atoms with Crippen LogP contribution in [0, 0.1) is 5.92 Å². The Hall–Kier alpha value is -0.800. The smallest absolute Gasteiger partial charge is 0.191 e. The van der Waals surface area contributed by atoms with Gasteiger partial charge < -0.3 is 19.8 Å². The zero-order valence-electron chi connectivity index (χ0n) is 16.4. The molecule has 150 valence electrons. The molecule has 0 spiro atoms. The second-order valence-electron chi connectivity index (χ2n) is 6.96. The first-order valence-corrected chi connectivity index (χ1v) is 9.47. The fourth-order valence-electron chi connectivity index (χ4n) is 3.17. The van der Waals surface area contributed by atoms with E-state index in [4.69, 9.17) is 9.15 Å². The summed E-state index contributed by atoms with van der Waals surface area (Å²) in [5.41, 5.74) is 0. The van der Waals surface area contributed by atoms with Crippen molar-refractivity contribution < 1.29 is 9.15 Å². The number of likely N-dealkylation sites (tertiary alicyclic amines) is 1. The number of hydrogen-bond acceptors (Lipinski definition) is 4. The monoisotopic (exact) mass is 478 g/mol. The first-order chi connectivity index (χ1) is 12.2. The average Bonchev–Trinajstić information content (AvgIpc) is 3.13. The zero-order chi connectivity index (χ0) is 17.9. The molecule has 0 aromatic carbocycles. The highest BCUT2D eigenvalue weighted by molar-refractivity contribution is 14.0. The number of guanidine groups is 1. The summed E-state index contributed by atoms with van der Waals surface area (Å²) in [7, 11) is 1.82. The van der Waals surface area contributed by atoms with Gasteiger partial charge in [-0.2, -0.15) is 0 Å². The predicted molar refractivity (Wildman–Crippen MR) is 117 cm³/mol. The summed E-state index contributed by atoms with van der Waals surface area (Å²) < 4.78 is 10.8. The summed E-state index contributed by atoms with van der Waals surface area (Å²) in [5.74, 6) is 2.55. The molecule has 0 bridgehead atoms. The van der Waals surface area contributed by atoms with Gasteiger partial charge in [-0.15, -0.1) is 24.0 Å². The lowest BCUT2D eigenvalue weighted by atomic mass is 9.99. The van der Waals surface area contributed by atoms with Gasteiger partial charge in [0.05, 0.1) is 6.26 Å². The van der Waals surface area contributed by atoms with Crippen molar-refractivity contribution in [2.45, 2.75) is 45.8 Å². The lowest BCUT2D eigenvalue weighted by Gasteiger charge is -2.35. The molecule has 1 aliphatic heterocycles. The van der Waals surface area contributed by atoms with Crippen LogP contribution in [0.25, 0.3) is 0 Å². The molecule has 2 unspecified atom stereocenters. The molecule has 2 rings (SSSR count). The van der Waals surface area contributed by atoms with Crippen LogP contribution in [0.5, 0.6) is 0 Å². The summed E-state index contributed by atoms with van der Waals surface area (Å²) in [6.07, 6.45) is 5.28. The van der Waals surface area contributed by atoms with Crippen LogP contribution in [0.1, 0.15) is 38.9 Å². The van der Waals surface area contributed by atoms with E-state index in [9.17, 15) is 0 Å². The summed E-state index contributed by atoms with van der Waals surface area (Å²) in [5, 5.41) is 6.78. The maximum absolute atomic E-state index is 5.58. The van der Waals surface area contributed by atoms with Crippen molar-refractivity contribution in [3.05, 3.63) is 24.2 Å². The highest BCUT2D eigenvalue weighted by atomic mass is 127. The van der Waals surface area contributed by atoms with Crippen molar-refractivity contribution >= 4 is 29.9 Å². The Morgan fingerprint density at radius 3 is 3.00 bits per heavy atom. The number of rotatable bonds is 9. The van der Waals surface area contributed by atoms with Gasteiger partial charge in [-0.25, -0.2) is 0 Å². The van der Waals surface area contributed by atoms with Gasteiger partial charge in [0.2, 0.25) is 0 Å². The Morgan fingerprint density at radius 1 is 1.46 bits per heavy atom. The Balaban J connectivity index is 0.00000338. The van der Waals surface area contributed by atoms with E-state index in [0.29, 0.717) is 19.3 Å². The van der Waals surface area contributed by atoms with Crippen LogP contribution >= 0.6 is 24.0 Å².